The number of carbonyl (C=O) groups is 2. The van der Waals surface area contributed by atoms with E-state index in [2.05, 4.69) is 15.7 Å². The SMILES string of the molecule is COC(=O)/C=C/c1ccc(S(C)(=O)=O)cc1C(=O)N1CCN(c2ccc(C#N)cc2)CC1. The van der Waals surface area contributed by atoms with Crippen LogP contribution in [0.5, 0.6) is 0 Å². The van der Waals surface area contributed by atoms with Crippen LogP contribution in [0.2, 0.25) is 0 Å². The Morgan fingerprint density at radius 2 is 1.72 bits per heavy atom. The van der Waals surface area contributed by atoms with Crippen LogP contribution in [0.25, 0.3) is 6.08 Å². The fraction of sp³-hybridized carbons (Fsp3) is 0.261. The van der Waals surface area contributed by atoms with Crippen LogP contribution in [0.1, 0.15) is 21.5 Å². The number of nitrogens with zero attached hydrogens (tertiary/aromatic N) is 3. The van der Waals surface area contributed by atoms with Crippen molar-refractivity contribution >= 4 is 33.5 Å². The number of amides is 1. The molecule has 2 aromatic carbocycles. The molecule has 1 amide bonds. The van der Waals surface area contributed by atoms with E-state index in [-0.39, 0.29) is 16.4 Å². The maximum absolute atomic E-state index is 13.3. The largest absolute Gasteiger partial charge is 0.466 e. The Morgan fingerprint density at radius 3 is 2.28 bits per heavy atom. The third kappa shape index (κ3) is 5.34. The number of benzene rings is 2. The number of sulfone groups is 1. The fourth-order valence-corrected chi connectivity index (χ4v) is 4.05. The number of anilines is 1. The highest BCUT2D eigenvalue weighted by molar-refractivity contribution is 7.90. The highest BCUT2D eigenvalue weighted by atomic mass is 32.2. The van der Waals surface area contributed by atoms with Crippen molar-refractivity contribution in [1.29, 1.82) is 5.26 Å². The molecule has 32 heavy (non-hydrogen) atoms. The number of methoxy groups -OCH3 is 1. The Bertz CT molecular complexity index is 1190. The smallest absolute Gasteiger partial charge is 0.330 e. The summed E-state index contributed by atoms with van der Waals surface area (Å²) in [6, 6.07) is 13.6. The van der Waals surface area contributed by atoms with Gasteiger partial charge in [0.2, 0.25) is 0 Å². The van der Waals surface area contributed by atoms with Gasteiger partial charge in [0, 0.05) is 49.8 Å². The highest BCUT2D eigenvalue weighted by Gasteiger charge is 2.25. The first-order valence-corrected chi connectivity index (χ1v) is 11.8. The van der Waals surface area contributed by atoms with Gasteiger partial charge in [-0.05, 0) is 48.0 Å². The molecule has 1 aliphatic rings. The highest BCUT2D eigenvalue weighted by Crippen LogP contribution is 2.22. The second kappa shape index (κ2) is 9.66. The first-order chi connectivity index (χ1) is 15.2. The molecule has 0 bridgehead atoms. The van der Waals surface area contributed by atoms with Crippen molar-refractivity contribution in [3.63, 3.8) is 0 Å². The summed E-state index contributed by atoms with van der Waals surface area (Å²) in [5.74, 6) is -0.883. The monoisotopic (exact) mass is 453 g/mol. The summed E-state index contributed by atoms with van der Waals surface area (Å²) >= 11 is 0. The van der Waals surface area contributed by atoms with Gasteiger partial charge in [0.1, 0.15) is 0 Å². The summed E-state index contributed by atoms with van der Waals surface area (Å²) in [6.07, 6.45) is 3.71. The summed E-state index contributed by atoms with van der Waals surface area (Å²) < 4.78 is 28.6. The van der Waals surface area contributed by atoms with Crippen molar-refractivity contribution in [2.24, 2.45) is 0 Å². The van der Waals surface area contributed by atoms with Gasteiger partial charge in [0.15, 0.2) is 9.84 Å². The molecule has 2 aromatic rings. The van der Waals surface area contributed by atoms with Gasteiger partial charge in [-0.3, -0.25) is 4.79 Å². The average Bonchev–Trinajstić information content (AvgIpc) is 2.81. The molecule has 0 atom stereocenters. The van der Waals surface area contributed by atoms with Gasteiger partial charge in [-0.2, -0.15) is 5.26 Å². The number of carbonyl (C=O) groups excluding carboxylic acids is 2. The predicted molar refractivity (Wildman–Crippen MR) is 120 cm³/mol. The van der Waals surface area contributed by atoms with Gasteiger partial charge in [0.25, 0.3) is 5.91 Å². The second-order valence-electron chi connectivity index (χ2n) is 7.32. The van der Waals surface area contributed by atoms with Crippen molar-refractivity contribution in [2.45, 2.75) is 4.90 Å². The van der Waals surface area contributed by atoms with E-state index in [1.54, 1.807) is 17.0 Å². The molecule has 0 radical (unpaired) electrons. The lowest BCUT2D eigenvalue weighted by atomic mass is 10.0. The van der Waals surface area contributed by atoms with Gasteiger partial charge in [-0.25, -0.2) is 13.2 Å². The Hall–Kier alpha value is -3.64. The maximum atomic E-state index is 13.3. The molecule has 1 fully saturated rings. The van der Waals surface area contributed by atoms with Gasteiger partial charge in [-0.1, -0.05) is 6.07 Å². The Labute approximate surface area is 187 Å². The Kier molecular flexibility index (Phi) is 6.95. The topological polar surface area (TPSA) is 108 Å². The zero-order chi connectivity index (χ0) is 23.3. The first kappa shape index (κ1) is 23.0. The molecular formula is C23H23N3O5S. The maximum Gasteiger partial charge on any atom is 0.330 e. The van der Waals surface area contributed by atoms with Crippen LogP contribution in [0.3, 0.4) is 0 Å². The summed E-state index contributed by atoms with van der Waals surface area (Å²) in [5.41, 5.74) is 2.19. The quantitative estimate of drug-likeness (QED) is 0.504. The molecule has 0 N–H and O–H groups in total. The van der Waals surface area contributed by atoms with Crippen molar-refractivity contribution in [1.82, 2.24) is 4.90 Å². The van der Waals surface area contributed by atoms with Gasteiger partial charge in [0.05, 0.1) is 23.6 Å². The van der Waals surface area contributed by atoms with Crippen LogP contribution in [0, 0.1) is 11.3 Å². The number of rotatable bonds is 5. The molecule has 0 aliphatic carbocycles. The first-order valence-electron chi connectivity index (χ1n) is 9.87. The van der Waals surface area contributed by atoms with E-state index in [1.165, 1.54) is 37.5 Å². The molecule has 3 rings (SSSR count). The Balaban J connectivity index is 1.82. The van der Waals surface area contributed by atoms with Gasteiger partial charge in [-0.15, -0.1) is 0 Å². The van der Waals surface area contributed by atoms with Crippen LogP contribution in [0.15, 0.2) is 53.4 Å². The minimum Gasteiger partial charge on any atom is -0.466 e. The van der Waals surface area contributed by atoms with E-state index < -0.39 is 15.8 Å². The van der Waals surface area contributed by atoms with E-state index in [1.807, 2.05) is 12.1 Å². The number of piperazine rings is 1. The normalized spacial score (nSPS) is 14.3. The molecule has 1 heterocycles. The zero-order valence-electron chi connectivity index (χ0n) is 17.8. The van der Waals surface area contributed by atoms with E-state index >= 15 is 0 Å². The van der Waals surface area contributed by atoms with Crippen LogP contribution in [-0.4, -0.2) is 64.7 Å². The molecule has 166 valence electrons. The number of ether oxygens (including phenoxy) is 1. The third-order valence-corrected chi connectivity index (χ3v) is 6.32. The summed E-state index contributed by atoms with van der Waals surface area (Å²) in [4.78, 5) is 28.6. The molecule has 9 heteroatoms. The lowest BCUT2D eigenvalue weighted by Crippen LogP contribution is -2.49. The summed E-state index contributed by atoms with van der Waals surface area (Å²) in [5, 5.41) is 8.94. The minimum atomic E-state index is -3.51. The van der Waals surface area contributed by atoms with Crippen molar-refractivity contribution in [3.8, 4) is 6.07 Å². The number of nitriles is 1. The zero-order valence-corrected chi connectivity index (χ0v) is 18.6. The molecule has 0 unspecified atom stereocenters. The van der Waals surface area contributed by atoms with Crippen LogP contribution < -0.4 is 4.90 Å². The van der Waals surface area contributed by atoms with Crippen molar-refractivity contribution in [2.75, 3.05) is 44.4 Å². The van der Waals surface area contributed by atoms with E-state index in [0.717, 1.165) is 11.9 Å². The van der Waals surface area contributed by atoms with E-state index in [9.17, 15) is 18.0 Å². The molecule has 0 aromatic heterocycles. The van der Waals surface area contributed by atoms with Gasteiger partial charge >= 0.3 is 5.97 Å². The second-order valence-corrected chi connectivity index (χ2v) is 9.33. The van der Waals surface area contributed by atoms with Crippen molar-refractivity contribution < 1.29 is 22.7 Å². The molecule has 0 saturated carbocycles. The minimum absolute atomic E-state index is 0.0345. The summed E-state index contributed by atoms with van der Waals surface area (Å²) in [7, 11) is -2.26. The van der Waals surface area contributed by atoms with Gasteiger partial charge < -0.3 is 14.5 Å². The number of esters is 1. The summed E-state index contributed by atoms with van der Waals surface area (Å²) in [6.45, 7) is 2.08. The average molecular weight is 454 g/mol. The molecule has 8 nitrogen and oxygen atoms in total. The van der Waals surface area contributed by atoms with Crippen LogP contribution in [0.4, 0.5) is 5.69 Å². The lowest BCUT2D eigenvalue weighted by Gasteiger charge is -2.36. The molecule has 1 aliphatic heterocycles. The van der Waals surface area contributed by atoms with Crippen LogP contribution >= 0.6 is 0 Å². The Morgan fingerprint density at radius 1 is 1.06 bits per heavy atom. The van der Waals surface area contributed by atoms with E-state index in [0.29, 0.717) is 37.3 Å². The molecule has 1 saturated heterocycles. The standard InChI is InChI=1S/C23H23N3O5S/c1-31-22(27)10-6-18-5-9-20(32(2,29)30)15-21(18)23(28)26-13-11-25(12-14-26)19-7-3-17(16-24)4-8-19/h3-10,15H,11-14H2,1-2H3/b10-6+. The molecule has 0 spiro atoms. The lowest BCUT2D eigenvalue weighted by molar-refractivity contribution is -0.134. The van der Waals surface area contributed by atoms with E-state index in [4.69, 9.17) is 5.26 Å². The molecular weight excluding hydrogens is 430 g/mol. The predicted octanol–water partition coefficient (Wildman–Crippen LogP) is 2.11. The fourth-order valence-electron chi connectivity index (χ4n) is 3.41. The third-order valence-electron chi connectivity index (χ3n) is 5.21. The van der Waals surface area contributed by atoms with Crippen molar-refractivity contribution in [3.05, 3.63) is 65.2 Å². The number of hydrogen-bond acceptors (Lipinski definition) is 7. The number of hydrogen-bond donors (Lipinski definition) is 0. The van der Waals surface area contributed by atoms with Crippen LogP contribution in [-0.2, 0) is 19.4 Å².